The first-order valence-corrected chi connectivity index (χ1v) is 8.10. The predicted molar refractivity (Wildman–Crippen MR) is 85.8 cm³/mol. The van der Waals surface area contributed by atoms with Crippen molar-refractivity contribution in [1.82, 2.24) is 0 Å². The van der Waals surface area contributed by atoms with Crippen LogP contribution in [0.1, 0.15) is 5.56 Å². The van der Waals surface area contributed by atoms with E-state index in [1.165, 1.54) is 0 Å². The Kier molecular flexibility index (Phi) is 5.47. The highest BCUT2D eigenvalue weighted by molar-refractivity contribution is 9.25. The van der Waals surface area contributed by atoms with Crippen LogP contribution in [0.25, 0.3) is 0 Å². The number of hydrogen-bond donors (Lipinski definition) is 1. The van der Waals surface area contributed by atoms with Crippen LogP contribution in [-0.4, -0.2) is 11.1 Å². The van der Waals surface area contributed by atoms with Crippen molar-refractivity contribution in [2.45, 2.75) is 3.23 Å². The minimum absolute atomic E-state index is 0.00702. The third-order valence-corrected chi connectivity index (χ3v) is 7.19. The Hall–Kier alpha value is 0.830. The van der Waals surface area contributed by atoms with Crippen LogP contribution in [0.15, 0.2) is 37.7 Å². The van der Waals surface area contributed by atoms with Crippen molar-refractivity contribution in [3.8, 4) is 0 Å². The van der Waals surface area contributed by atoms with Crippen LogP contribution in [0.5, 0.6) is 0 Å². The van der Waals surface area contributed by atoms with E-state index in [4.69, 9.17) is 5.11 Å². The van der Waals surface area contributed by atoms with Crippen molar-refractivity contribution in [3.63, 3.8) is 0 Å². The van der Waals surface area contributed by atoms with Gasteiger partial charge in [0.25, 0.3) is 0 Å². The van der Waals surface area contributed by atoms with Gasteiger partial charge in [0, 0.05) is 13.4 Å². The minimum Gasteiger partial charge on any atom is -0.478 e. The molecule has 0 fully saturated rings. The molecule has 0 amide bonds. The van der Waals surface area contributed by atoms with Gasteiger partial charge in [0.1, 0.15) is 3.23 Å². The first-order valence-electron chi connectivity index (χ1n) is 4.14. The summed E-state index contributed by atoms with van der Waals surface area (Å²) in [6, 6.07) is 3.60. The molecule has 1 rings (SSSR count). The fourth-order valence-electron chi connectivity index (χ4n) is 1.07. The summed E-state index contributed by atoms with van der Waals surface area (Å²) in [7, 11) is 0. The summed E-state index contributed by atoms with van der Waals surface area (Å²) in [6.45, 7) is 3.55. The SMILES string of the molecule is C=C(C(=O)O)C(Br)(Br)c1ccc(Br)c(Br)c1Br. The molecule has 7 heteroatoms. The van der Waals surface area contributed by atoms with Crippen molar-refractivity contribution in [2.75, 3.05) is 0 Å². The second-order valence-corrected chi connectivity index (χ2v) is 8.96. The normalized spacial score (nSPS) is 11.4. The lowest BCUT2D eigenvalue weighted by atomic mass is 10.1. The van der Waals surface area contributed by atoms with Crippen LogP contribution in [0.4, 0.5) is 0 Å². The van der Waals surface area contributed by atoms with E-state index in [2.05, 4.69) is 86.2 Å². The number of carboxylic acid groups (broad SMARTS) is 1. The van der Waals surface area contributed by atoms with Crippen LogP contribution >= 0.6 is 79.6 Å². The second-order valence-electron chi connectivity index (χ2n) is 3.08. The standard InChI is InChI=1S/C10H5Br5O2/c1-4(9(16)17)10(14,15)5-2-3-6(11)8(13)7(5)12/h2-3H,1H2,(H,16,17). The molecule has 0 aliphatic rings. The van der Waals surface area contributed by atoms with Crippen molar-refractivity contribution in [3.05, 3.63) is 43.3 Å². The molecule has 17 heavy (non-hydrogen) atoms. The molecule has 0 saturated heterocycles. The van der Waals surface area contributed by atoms with Gasteiger partial charge in [-0.05, 0) is 59.4 Å². The number of rotatable bonds is 3. The highest BCUT2D eigenvalue weighted by atomic mass is 79.9. The van der Waals surface area contributed by atoms with Gasteiger partial charge in [-0.25, -0.2) is 4.79 Å². The number of benzene rings is 1. The number of hydrogen-bond acceptors (Lipinski definition) is 1. The van der Waals surface area contributed by atoms with Crippen molar-refractivity contribution < 1.29 is 9.90 Å². The molecular formula is C10H5Br5O2. The third kappa shape index (κ3) is 3.23. The van der Waals surface area contributed by atoms with Gasteiger partial charge in [-0.15, -0.1) is 0 Å². The highest BCUT2D eigenvalue weighted by Crippen LogP contribution is 2.49. The smallest absolute Gasteiger partial charge is 0.333 e. The van der Waals surface area contributed by atoms with Gasteiger partial charge in [-0.3, -0.25) is 0 Å². The van der Waals surface area contributed by atoms with Crippen LogP contribution in [0.2, 0.25) is 0 Å². The van der Waals surface area contributed by atoms with Crippen LogP contribution in [0, 0.1) is 0 Å². The second kappa shape index (κ2) is 5.86. The zero-order chi connectivity index (χ0) is 13.4. The maximum Gasteiger partial charge on any atom is 0.333 e. The van der Waals surface area contributed by atoms with Gasteiger partial charge in [-0.2, -0.15) is 0 Å². The summed E-state index contributed by atoms with van der Waals surface area (Å²) >= 11 is 16.8. The molecule has 92 valence electrons. The number of carboxylic acids is 1. The Morgan fingerprint density at radius 1 is 1.18 bits per heavy atom. The van der Waals surface area contributed by atoms with E-state index in [1.807, 2.05) is 6.07 Å². The fourth-order valence-corrected chi connectivity index (χ4v) is 4.18. The minimum atomic E-state index is -1.08. The molecule has 0 spiro atoms. The monoisotopic (exact) mass is 552 g/mol. The molecule has 0 atom stereocenters. The zero-order valence-electron chi connectivity index (χ0n) is 8.11. The van der Waals surface area contributed by atoms with E-state index in [0.29, 0.717) is 5.56 Å². The molecule has 0 saturated carbocycles. The number of halogens is 5. The molecule has 0 aromatic heterocycles. The summed E-state index contributed by atoms with van der Waals surface area (Å²) in [4.78, 5) is 11.0. The average Bonchev–Trinajstić information content (AvgIpc) is 2.24. The molecule has 2 nitrogen and oxygen atoms in total. The summed E-state index contributed by atoms with van der Waals surface area (Å²) in [5, 5.41) is 9.00. The lowest BCUT2D eigenvalue weighted by molar-refractivity contribution is -0.132. The van der Waals surface area contributed by atoms with Gasteiger partial charge in [-0.1, -0.05) is 44.5 Å². The Labute approximate surface area is 140 Å². The molecule has 0 heterocycles. The molecule has 0 radical (unpaired) electrons. The summed E-state index contributed by atoms with van der Waals surface area (Å²) in [5.74, 6) is -1.08. The van der Waals surface area contributed by atoms with Gasteiger partial charge >= 0.3 is 5.97 Å². The highest BCUT2D eigenvalue weighted by Gasteiger charge is 2.35. The van der Waals surface area contributed by atoms with Gasteiger partial charge < -0.3 is 5.11 Å². The van der Waals surface area contributed by atoms with Crippen LogP contribution in [0.3, 0.4) is 0 Å². The maximum absolute atomic E-state index is 11.0. The van der Waals surface area contributed by atoms with Gasteiger partial charge in [0.2, 0.25) is 0 Å². The largest absolute Gasteiger partial charge is 0.478 e. The van der Waals surface area contributed by atoms with Gasteiger partial charge in [0.05, 0.1) is 5.57 Å². The number of carbonyl (C=O) groups is 1. The van der Waals surface area contributed by atoms with E-state index in [1.54, 1.807) is 6.07 Å². The van der Waals surface area contributed by atoms with Crippen LogP contribution < -0.4 is 0 Å². The average molecular weight is 557 g/mol. The van der Waals surface area contributed by atoms with E-state index in [-0.39, 0.29) is 5.57 Å². The molecule has 1 aromatic carbocycles. The van der Waals surface area contributed by atoms with Gasteiger partial charge in [0.15, 0.2) is 0 Å². The Balaban J connectivity index is 3.39. The molecule has 0 aliphatic carbocycles. The molecule has 0 unspecified atom stereocenters. The predicted octanol–water partition coefficient (Wildman–Crippen LogP) is 5.56. The molecular weight excluding hydrogens is 552 g/mol. The summed E-state index contributed by atoms with van der Waals surface area (Å²) in [5.41, 5.74) is 0.701. The Bertz CT molecular complexity index is 496. The maximum atomic E-state index is 11.0. The van der Waals surface area contributed by atoms with E-state index < -0.39 is 9.20 Å². The summed E-state index contributed by atoms with van der Waals surface area (Å²) in [6.07, 6.45) is 0. The van der Waals surface area contributed by atoms with E-state index in [0.717, 1.165) is 13.4 Å². The lowest BCUT2D eigenvalue weighted by Crippen LogP contribution is -2.19. The first kappa shape index (κ1) is 15.9. The number of alkyl halides is 2. The van der Waals surface area contributed by atoms with Crippen molar-refractivity contribution in [2.24, 2.45) is 0 Å². The van der Waals surface area contributed by atoms with E-state index >= 15 is 0 Å². The molecule has 0 aliphatic heterocycles. The van der Waals surface area contributed by atoms with Crippen LogP contribution in [-0.2, 0) is 8.03 Å². The molecule has 0 bridgehead atoms. The summed E-state index contributed by atoms with van der Waals surface area (Å²) < 4.78 is 1.39. The molecule has 1 N–H and O–H groups in total. The zero-order valence-corrected chi connectivity index (χ0v) is 16.0. The Morgan fingerprint density at radius 3 is 2.18 bits per heavy atom. The Morgan fingerprint density at radius 2 is 1.71 bits per heavy atom. The quantitative estimate of drug-likeness (QED) is 0.301. The van der Waals surface area contributed by atoms with Crippen molar-refractivity contribution in [1.29, 1.82) is 0 Å². The first-order chi connectivity index (χ1) is 7.69. The fraction of sp³-hybridized carbons (Fsp3) is 0.100. The third-order valence-electron chi connectivity index (χ3n) is 2.01. The molecule has 1 aromatic rings. The van der Waals surface area contributed by atoms with Crippen molar-refractivity contribution >= 4 is 85.6 Å². The topological polar surface area (TPSA) is 37.3 Å². The number of aliphatic carboxylic acids is 1. The van der Waals surface area contributed by atoms with E-state index in [9.17, 15) is 4.79 Å². The lowest BCUT2D eigenvalue weighted by Gasteiger charge is -2.23.